The third-order valence-corrected chi connectivity index (χ3v) is 12.3. The van der Waals surface area contributed by atoms with Crippen molar-refractivity contribution in [2.24, 2.45) is 0 Å². The van der Waals surface area contributed by atoms with Gasteiger partial charge in [-0.15, -0.1) is 4.79 Å². The zero-order valence-electron chi connectivity index (χ0n) is 38.7. The number of hydrogen-bond acceptors (Lipinski definition) is 0. The van der Waals surface area contributed by atoms with Gasteiger partial charge in [-0.25, -0.2) is 0 Å². The third kappa shape index (κ3) is 24.9. The van der Waals surface area contributed by atoms with E-state index in [9.17, 15) is 5.53 Å². The van der Waals surface area contributed by atoms with E-state index in [4.69, 9.17) is 0 Å². The van der Waals surface area contributed by atoms with Gasteiger partial charge in [-0.3, -0.25) is 0 Å². The first kappa shape index (κ1) is 51.2. The van der Waals surface area contributed by atoms with Gasteiger partial charge >= 0.3 is 5.87 Å². The first-order valence-electron chi connectivity index (χ1n) is 25.2. The Morgan fingerprint density at radius 3 is 1.45 bits per heavy atom. The molecule has 0 N–H and O–H groups in total. The maximum atomic E-state index is 9.86. The fraction of sp³-hybridized carbons (Fsp3) is 0.679. The summed E-state index contributed by atoms with van der Waals surface area (Å²) in [6.07, 6.45) is 49.7. The number of nitrogens with zero attached hydrogens (tertiary/aromatic N) is 2. The molecule has 0 saturated heterocycles. The molecule has 0 fully saturated rings. The molecular formula is C56H90N2. The van der Waals surface area contributed by atoms with Crippen LogP contribution in [0, 0.1) is 0 Å². The Morgan fingerprint density at radius 2 is 0.966 bits per heavy atom. The molecule has 58 heavy (non-hydrogen) atoms. The molecule has 0 bridgehead atoms. The lowest BCUT2D eigenvalue weighted by Gasteiger charge is -2.17. The standard InChI is InChI=1S/C56H90N2/c1-5-9-12-14-15-16-17-18-19-20-21-22-23-24-25-26-27-28-29-30-31-32-33-34-37-41-54(49-58-57)55(43-35-11-7-3)56(52-46-44-50(8-4)45-47-52)53-42-38-40-51(48-53)39-36-13-10-6-2/h37-38,40-42,44-48H,5-36,39,43H2,1-4H3. The Morgan fingerprint density at radius 1 is 0.500 bits per heavy atom. The van der Waals surface area contributed by atoms with E-state index in [-0.39, 0.29) is 0 Å². The van der Waals surface area contributed by atoms with Gasteiger partial charge in [0.25, 0.3) is 0 Å². The molecule has 0 aliphatic carbocycles. The maximum absolute atomic E-state index is 9.86. The summed E-state index contributed by atoms with van der Waals surface area (Å²) >= 11 is 0. The molecule has 2 rings (SSSR count). The van der Waals surface area contributed by atoms with Gasteiger partial charge in [0.05, 0.1) is 0 Å². The Balaban J connectivity index is 1.81. The van der Waals surface area contributed by atoms with E-state index < -0.39 is 0 Å². The highest BCUT2D eigenvalue weighted by molar-refractivity contribution is 5.88. The van der Waals surface area contributed by atoms with Crippen molar-refractivity contribution in [1.29, 1.82) is 0 Å². The molecule has 2 nitrogen and oxygen atoms in total. The highest BCUT2D eigenvalue weighted by Gasteiger charge is 2.17. The van der Waals surface area contributed by atoms with Gasteiger partial charge in [-0.1, -0.05) is 256 Å². The lowest BCUT2D eigenvalue weighted by molar-refractivity contribution is 0.00766. The summed E-state index contributed by atoms with van der Waals surface area (Å²) in [5.74, 6) is 3.04. The van der Waals surface area contributed by atoms with E-state index in [1.807, 2.05) is 0 Å². The summed E-state index contributed by atoms with van der Waals surface area (Å²) in [6, 6.07) is 18.3. The molecule has 0 spiro atoms. The average Bonchev–Trinajstić information content (AvgIpc) is 3.25. The fourth-order valence-electron chi connectivity index (χ4n) is 8.51. The number of allylic oxidation sites excluding steroid dienone is 4. The summed E-state index contributed by atoms with van der Waals surface area (Å²) in [5, 5.41) is 0. The number of aryl methyl sites for hydroxylation is 2. The summed E-state index contributed by atoms with van der Waals surface area (Å²) in [6.45, 7) is 9.07. The van der Waals surface area contributed by atoms with E-state index in [1.165, 1.54) is 220 Å². The van der Waals surface area contributed by atoms with Crippen molar-refractivity contribution in [1.82, 2.24) is 0 Å². The second kappa shape index (κ2) is 37.1. The monoisotopic (exact) mass is 791 g/mol. The average molecular weight is 791 g/mol. The number of rotatable bonds is 38. The third-order valence-electron chi connectivity index (χ3n) is 12.3. The Kier molecular flexibility index (Phi) is 32.8. The minimum Gasteiger partial charge on any atom is -0.348 e. The van der Waals surface area contributed by atoms with Crippen molar-refractivity contribution < 1.29 is 4.79 Å². The van der Waals surface area contributed by atoms with Crippen LogP contribution in [0.3, 0.4) is 0 Å². The van der Waals surface area contributed by atoms with Crippen molar-refractivity contribution in [3.05, 3.63) is 99.6 Å². The van der Waals surface area contributed by atoms with Crippen molar-refractivity contribution in [3.8, 4) is 0 Å². The highest BCUT2D eigenvalue weighted by atomic mass is 14.8. The first-order chi connectivity index (χ1) is 28.7. The molecule has 0 unspecified atom stereocenters. The van der Waals surface area contributed by atoms with E-state index in [1.54, 1.807) is 0 Å². The quantitative estimate of drug-likeness (QED) is 0.0214. The molecule has 0 heterocycles. The molecule has 0 amide bonds. The summed E-state index contributed by atoms with van der Waals surface area (Å²) < 4.78 is 0. The van der Waals surface area contributed by atoms with Crippen molar-refractivity contribution in [2.75, 3.05) is 0 Å². The van der Waals surface area contributed by atoms with Crippen LogP contribution in [0.15, 0.2) is 71.8 Å². The van der Waals surface area contributed by atoms with Crippen LogP contribution in [-0.4, -0.2) is 10.7 Å². The number of unbranched alkanes of at least 4 members (excludes halogenated alkanes) is 28. The molecule has 0 aliphatic heterocycles. The van der Waals surface area contributed by atoms with Crippen LogP contribution >= 0.6 is 0 Å². The van der Waals surface area contributed by atoms with Gasteiger partial charge in [-0.05, 0) is 84.4 Å². The number of hydrogen-bond donors (Lipinski definition) is 0. The van der Waals surface area contributed by atoms with Gasteiger partial charge in [0.2, 0.25) is 0 Å². The van der Waals surface area contributed by atoms with Crippen LogP contribution in [0.4, 0.5) is 0 Å². The molecule has 0 aliphatic rings. The molecule has 2 aromatic rings. The molecule has 324 valence electrons. The molecule has 2 aromatic carbocycles. The Labute approximate surface area is 360 Å². The number of benzene rings is 2. The summed E-state index contributed by atoms with van der Waals surface area (Å²) in [7, 11) is 0. The van der Waals surface area contributed by atoms with E-state index in [0.717, 1.165) is 37.7 Å². The molecule has 0 radical (unpaired) electrons. The molecule has 0 atom stereocenters. The predicted octanol–water partition coefficient (Wildman–Crippen LogP) is 18.5. The van der Waals surface area contributed by atoms with Crippen LogP contribution in [0.5, 0.6) is 0 Å². The van der Waals surface area contributed by atoms with Crippen molar-refractivity contribution in [3.63, 3.8) is 0 Å². The molecule has 0 saturated carbocycles. The van der Waals surface area contributed by atoms with E-state index in [0.29, 0.717) is 0 Å². The summed E-state index contributed by atoms with van der Waals surface area (Å²) in [4.78, 5) is 3.50. The van der Waals surface area contributed by atoms with Crippen molar-refractivity contribution in [2.45, 2.75) is 246 Å². The van der Waals surface area contributed by atoms with E-state index >= 15 is 0 Å². The van der Waals surface area contributed by atoms with Crippen LogP contribution in [0.1, 0.15) is 255 Å². The van der Waals surface area contributed by atoms with Crippen LogP contribution in [0.25, 0.3) is 11.1 Å². The SMILES string of the molecule is CCCCCCCCCCCCCCCCCCCCCCCCCC=CC(=C=[N+]=[N-])C(CCCCC)=C(c1ccc(CC)cc1)c1cccc(CCCCCC)c1. The Bertz CT molecular complexity index is 1410. The minimum atomic E-state index is 0.913. The van der Waals surface area contributed by atoms with Gasteiger partial charge in [0.15, 0.2) is 0 Å². The molecule has 0 aromatic heterocycles. The van der Waals surface area contributed by atoms with Crippen LogP contribution in [-0.2, 0) is 12.8 Å². The van der Waals surface area contributed by atoms with Gasteiger partial charge in [0, 0.05) is 0 Å². The van der Waals surface area contributed by atoms with Gasteiger partial charge in [-0.2, -0.15) is 0 Å². The van der Waals surface area contributed by atoms with Gasteiger partial charge < -0.3 is 5.53 Å². The largest absolute Gasteiger partial charge is 0.348 e. The highest BCUT2D eigenvalue weighted by Crippen LogP contribution is 2.34. The lowest BCUT2D eigenvalue weighted by Crippen LogP contribution is -2.00. The second-order valence-electron chi connectivity index (χ2n) is 17.5. The zero-order chi connectivity index (χ0) is 41.6. The molecule has 2 heteroatoms. The summed E-state index contributed by atoms with van der Waals surface area (Å²) in [5.41, 5.74) is 18.5. The second-order valence-corrected chi connectivity index (χ2v) is 17.5. The first-order valence-corrected chi connectivity index (χ1v) is 25.2. The van der Waals surface area contributed by atoms with Crippen LogP contribution in [0.2, 0.25) is 0 Å². The van der Waals surface area contributed by atoms with Gasteiger partial charge in [0.1, 0.15) is 5.57 Å². The Hall–Kier alpha value is -2.92. The van der Waals surface area contributed by atoms with Crippen molar-refractivity contribution >= 4 is 11.4 Å². The fourth-order valence-corrected chi connectivity index (χ4v) is 8.51. The normalized spacial score (nSPS) is 11.9. The molecular weight excluding hydrogens is 701 g/mol. The van der Waals surface area contributed by atoms with Crippen LogP contribution < -0.4 is 0 Å². The predicted molar refractivity (Wildman–Crippen MR) is 258 cm³/mol. The maximum Gasteiger partial charge on any atom is 0.307 e. The zero-order valence-corrected chi connectivity index (χ0v) is 38.7. The lowest BCUT2D eigenvalue weighted by atomic mass is 9.85. The topological polar surface area (TPSA) is 36.4 Å². The smallest absolute Gasteiger partial charge is 0.307 e. The van der Waals surface area contributed by atoms with E-state index in [2.05, 4.69) is 99.0 Å². The minimum absolute atomic E-state index is 0.913.